The van der Waals surface area contributed by atoms with Gasteiger partial charge in [-0.2, -0.15) is 0 Å². The molecule has 0 spiro atoms. The van der Waals surface area contributed by atoms with Gasteiger partial charge in [-0.3, -0.25) is 4.79 Å². The summed E-state index contributed by atoms with van der Waals surface area (Å²) in [6, 6.07) is 4.54. The van der Waals surface area contributed by atoms with Crippen LogP contribution >= 0.6 is 0 Å². The van der Waals surface area contributed by atoms with E-state index < -0.39 is 11.4 Å². The second-order valence-electron chi connectivity index (χ2n) is 4.75. The third-order valence-corrected chi connectivity index (χ3v) is 3.83. The van der Waals surface area contributed by atoms with Gasteiger partial charge >= 0.3 is 5.97 Å². The molecule has 1 fully saturated rings. The number of aryl methyl sites for hydroxylation is 1. The van der Waals surface area contributed by atoms with Crippen molar-refractivity contribution in [3.8, 4) is 0 Å². The molecule has 1 saturated carbocycles. The number of carboxylic acids is 1. The summed E-state index contributed by atoms with van der Waals surface area (Å²) >= 11 is 0. The lowest BCUT2D eigenvalue weighted by atomic mass is 9.76. The average molecular weight is 236 g/mol. The van der Waals surface area contributed by atoms with Gasteiger partial charge in [0.15, 0.2) is 0 Å². The molecule has 0 atom stereocenters. The fourth-order valence-electron chi connectivity index (χ4n) is 2.88. The van der Waals surface area contributed by atoms with Crippen molar-refractivity contribution in [2.75, 3.05) is 0 Å². The van der Waals surface area contributed by atoms with E-state index in [2.05, 4.69) is 0 Å². The number of benzene rings is 1. The zero-order valence-corrected chi connectivity index (χ0v) is 10.0. The molecule has 1 aromatic carbocycles. The lowest BCUT2D eigenvalue weighted by Crippen LogP contribution is -2.33. The van der Waals surface area contributed by atoms with Crippen molar-refractivity contribution in [2.24, 2.45) is 0 Å². The number of hydrogen-bond acceptors (Lipinski definition) is 1. The SMILES string of the molecule is CCc1ccc(F)cc1C1(C(=O)O)CCCC1. The molecule has 0 aliphatic heterocycles. The van der Waals surface area contributed by atoms with Crippen LogP contribution in [0.1, 0.15) is 43.7 Å². The second-order valence-corrected chi connectivity index (χ2v) is 4.75. The molecule has 1 aliphatic rings. The summed E-state index contributed by atoms with van der Waals surface area (Å²) in [5.41, 5.74) is 0.786. The maximum atomic E-state index is 13.4. The van der Waals surface area contributed by atoms with E-state index in [1.165, 1.54) is 12.1 Å². The summed E-state index contributed by atoms with van der Waals surface area (Å²) < 4.78 is 13.4. The number of carboxylic acid groups (broad SMARTS) is 1. The van der Waals surface area contributed by atoms with Gasteiger partial charge in [0.1, 0.15) is 5.82 Å². The first-order valence-corrected chi connectivity index (χ1v) is 6.12. The minimum absolute atomic E-state index is 0.343. The molecule has 0 bridgehead atoms. The molecule has 1 N–H and O–H groups in total. The molecule has 0 heterocycles. The summed E-state index contributed by atoms with van der Waals surface area (Å²) in [6.45, 7) is 1.97. The Kier molecular flexibility index (Phi) is 3.18. The van der Waals surface area contributed by atoms with Crippen LogP contribution < -0.4 is 0 Å². The molecular formula is C14H17FO2. The van der Waals surface area contributed by atoms with E-state index in [1.807, 2.05) is 6.92 Å². The monoisotopic (exact) mass is 236 g/mol. The Morgan fingerprint density at radius 1 is 1.41 bits per heavy atom. The van der Waals surface area contributed by atoms with Crippen molar-refractivity contribution in [3.05, 3.63) is 35.1 Å². The van der Waals surface area contributed by atoms with E-state index in [-0.39, 0.29) is 5.82 Å². The van der Waals surface area contributed by atoms with E-state index >= 15 is 0 Å². The first-order valence-electron chi connectivity index (χ1n) is 6.12. The van der Waals surface area contributed by atoms with E-state index in [4.69, 9.17) is 0 Å². The third-order valence-electron chi connectivity index (χ3n) is 3.83. The Morgan fingerprint density at radius 3 is 2.59 bits per heavy atom. The molecular weight excluding hydrogens is 219 g/mol. The highest BCUT2D eigenvalue weighted by Crippen LogP contribution is 2.43. The smallest absolute Gasteiger partial charge is 0.314 e. The van der Waals surface area contributed by atoms with Crippen LogP contribution in [0.25, 0.3) is 0 Å². The van der Waals surface area contributed by atoms with E-state index in [0.717, 1.165) is 24.8 Å². The Hall–Kier alpha value is -1.38. The van der Waals surface area contributed by atoms with Gasteiger partial charge in [0.05, 0.1) is 5.41 Å². The minimum Gasteiger partial charge on any atom is -0.481 e. The molecule has 1 aliphatic carbocycles. The molecule has 0 aromatic heterocycles. The van der Waals surface area contributed by atoms with E-state index in [1.54, 1.807) is 6.07 Å². The predicted octanol–water partition coefficient (Wildman–Crippen LogP) is 3.28. The Balaban J connectivity index is 2.56. The van der Waals surface area contributed by atoms with Crippen LogP contribution in [0.3, 0.4) is 0 Å². The van der Waals surface area contributed by atoms with Crippen LogP contribution in [-0.4, -0.2) is 11.1 Å². The molecule has 0 amide bonds. The largest absolute Gasteiger partial charge is 0.481 e. The molecule has 1 aromatic rings. The number of hydrogen-bond donors (Lipinski definition) is 1. The fourth-order valence-corrected chi connectivity index (χ4v) is 2.88. The zero-order chi connectivity index (χ0) is 12.5. The van der Waals surface area contributed by atoms with Crippen LogP contribution in [0.4, 0.5) is 4.39 Å². The summed E-state index contributed by atoms with van der Waals surface area (Å²) in [4.78, 5) is 11.6. The van der Waals surface area contributed by atoms with Gasteiger partial charge in [-0.15, -0.1) is 0 Å². The third kappa shape index (κ3) is 1.94. The van der Waals surface area contributed by atoms with Crippen LogP contribution in [0, 0.1) is 5.82 Å². The van der Waals surface area contributed by atoms with Crippen LogP contribution in [0.2, 0.25) is 0 Å². The normalized spacial score (nSPS) is 18.2. The van der Waals surface area contributed by atoms with Gasteiger partial charge in [-0.1, -0.05) is 25.8 Å². The number of carbonyl (C=O) groups is 1. The quantitative estimate of drug-likeness (QED) is 0.874. The van der Waals surface area contributed by atoms with Gasteiger partial charge in [0, 0.05) is 0 Å². The Labute approximate surface area is 100 Å². The average Bonchev–Trinajstić information content (AvgIpc) is 2.79. The lowest BCUT2D eigenvalue weighted by Gasteiger charge is -2.27. The van der Waals surface area contributed by atoms with Crippen molar-refractivity contribution in [1.82, 2.24) is 0 Å². The molecule has 0 radical (unpaired) electrons. The first-order chi connectivity index (χ1) is 8.10. The molecule has 2 nitrogen and oxygen atoms in total. The van der Waals surface area contributed by atoms with Crippen LogP contribution in [0.15, 0.2) is 18.2 Å². The van der Waals surface area contributed by atoms with E-state index in [0.29, 0.717) is 18.4 Å². The van der Waals surface area contributed by atoms with Gasteiger partial charge in [-0.25, -0.2) is 4.39 Å². The summed E-state index contributed by atoms with van der Waals surface area (Å²) in [5.74, 6) is -1.15. The number of rotatable bonds is 3. The number of halogens is 1. The lowest BCUT2D eigenvalue weighted by molar-refractivity contribution is -0.143. The van der Waals surface area contributed by atoms with Crippen LogP contribution in [-0.2, 0) is 16.6 Å². The van der Waals surface area contributed by atoms with Gasteiger partial charge in [-0.05, 0) is 42.5 Å². The maximum Gasteiger partial charge on any atom is 0.314 e. The predicted molar refractivity (Wildman–Crippen MR) is 63.6 cm³/mol. The van der Waals surface area contributed by atoms with E-state index in [9.17, 15) is 14.3 Å². The standard InChI is InChI=1S/C14H17FO2/c1-2-10-5-6-11(15)9-12(10)14(13(16)17)7-3-4-8-14/h5-6,9H,2-4,7-8H2,1H3,(H,16,17). The van der Waals surface area contributed by atoms with Gasteiger partial charge < -0.3 is 5.11 Å². The molecule has 0 unspecified atom stereocenters. The number of aliphatic carboxylic acids is 1. The molecule has 17 heavy (non-hydrogen) atoms. The summed E-state index contributed by atoms with van der Waals surface area (Å²) in [5, 5.41) is 9.51. The van der Waals surface area contributed by atoms with Crippen molar-refractivity contribution in [2.45, 2.75) is 44.4 Å². The Bertz CT molecular complexity index is 434. The van der Waals surface area contributed by atoms with Gasteiger partial charge in [0.25, 0.3) is 0 Å². The van der Waals surface area contributed by atoms with Crippen LogP contribution in [0.5, 0.6) is 0 Å². The highest BCUT2D eigenvalue weighted by molar-refractivity contribution is 5.82. The van der Waals surface area contributed by atoms with Gasteiger partial charge in [0.2, 0.25) is 0 Å². The van der Waals surface area contributed by atoms with Crippen molar-refractivity contribution >= 4 is 5.97 Å². The maximum absolute atomic E-state index is 13.4. The summed E-state index contributed by atoms with van der Waals surface area (Å²) in [7, 11) is 0. The first kappa shape index (κ1) is 12.1. The molecule has 0 saturated heterocycles. The molecule has 92 valence electrons. The zero-order valence-electron chi connectivity index (χ0n) is 10.0. The highest BCUT2D eigenvalue weighted by Gasteiger charge is 2.44. The summed E-state index contributed by atoms with van der Waals surface area (Å²) in [6.07, 6.45) is 3.81. The van der Waals surface area contributed by atoms with Crippen molar-refractivity contribution in [3.63, 3.8) is 0 Å². The Morgan fingerprint density at radius 2 is 2.06 bits per heavy atom. The fraction of sp³-hybridized carbons (Fsp3) is 0.500. The highest BCUT2D eigenvalue weighted by atomic mass is 19.1. The van der Waals surface area contributed by atoms with Crippen molar-refractivity contribution in [1.29, 1.82) is 0 Å². The topological polar surface area (TPSA) is 37.3 Å². The minimum atomic E-state index is -0.854. The second kappa shape index (κ2) is 4.47. The molecule has 3 heteroatoms. The van der Waals surface area contributed by atoms with Crippen molar-refractivity contribution < 1.29 is 14.3 Å². The molecule has 2 rings (SSSR count).